The molecule has 1 aliphatic heterocycles. The highest BCUT2D eigenvalue weighted by Gasteiger charge is 2.44. The molecule has 1 aromatic rings. The fourth-order valence-electron chi connectivity index (χ4n) is 4.22. The molecule has 5 nitrogen and oxygen atoms in total. The van der Waals surface area contributed by atoms with Crippen LogP contribution in [0, 0.1) is 5.92 Å². The fourth-order valence-corrected chi connectivity index (χ4v) is 4.35. The Morgan fingerprint density at radius 2 is 2.00 bits per heavy atom. The molecule has 2 heterocycles. The lowest BCUT2D eigenvalue weighted by atomic mass is 9.99. The predicted molar refractivity (Wildman–Crippen MR) is 81.5 cm³/mol. The summed E-state index contributed by atoms with van der Waals surface area (Å²) < 4.78 is 0. The molecule has 1 N–H and O–H groups in total. The van der Waals surface area contributed by atoms with Crippen molar-refractivity contribution >= 4 is 29.0 Å². The quantitative estimate of drug-likeness (QED) is 0.810. The molecular formula is C15H19ClN4O. The zero-order chi connectivity index (χ0) is 14.4. The molecule has 2 atom stereocenters. The molecule has 21 heavy (non-hydrogen) atoms. The van der Waals surface area contributed by atoms with E-state index in [1.165, 1.54) is 25.7 Å². The van der Waals surface area contributed by atoms with Gasteiger partial charge in [0.05, 0.1) is 12.1 Å². The predicted octanol–water partition coefficient (Wildman–Crippen LogP) is 3.00. The van der Waals surface area contributed by atoms with E-state index in [0.717, 1.165) is 25.1 Å². The van der Waals surface area contributed by atoms with Gasteiger partial charge in [-0.1, -0.05) is 19.3 Å². The highest BCUT2D eigenvalue weighted by Crippen LogP contribution is 2.42. The first-order chi connectivity index (χ1) is 10.2. The summed E-state index contributed by atoms with van der Waals surface area (Å²) in [6.07, 6.45) is 9.66. The average Bonchev–Trinajstić information content (AvgIpc) is 3.12. The van der Waals surface area contributed by atoms with E-state index in [2.05, 4.69) is 20.2 Å². The summed E-state index contributed by atoms with van der Waals surface area (Å²) in [5.41, 5.74) is 0.714. The van der Waals surface area contributed by atoms with Crippen LogP contribution in [-0.2, 0) is 4.79 Å². The van der Waals surface area contributed by atoms with Crippen molar-refractivity contribution in [3.63, 3.8) is 0 Å². The molecule has 112 valence electrons. The third kappa shape index (κ3) is 2.18. The molecule has 4 rings (SSSR count). The van der Waals surface area contributed by atoms with Gasteiger partial charge in [0.25, 0.3) is 0 Å². The van der Waals surface area contributed by atoms with Crippen molar-refractivity contribution in [2.24, 2.45) is 5.92 Å². The van der Waals surface area contributed by atoms with E-state index in [9.17, 15) is 4.79 Å². The summed E-state index contributed by atoms with van der Waals surface area (Å²) in [5, 5.41) is 3.26. The standard InChI is InChI=1S/C15H19ClN4O/c16-15-17-8-11-13(19-15)20(9-4-1-2-5-9)12-7-3-6-10(12)14(21)18-11/h8-10,12H,1-7H2,(H,18,21). The minimum absolute atomic E-state index is 0.0681. The topological polar surface area (TPSA) is 58.1 Å². The van der Waals surface area contributed by atoms with Gasteiger partial charge in [-0.3, -0.25) is 4.79 Å². The molecule has 2 fully saturated rings. The van der Waals surface area contributed by atoms with Crippen LogP contribution in [-0.4, -0.2) is 28.0 Å². The zero-order valence-electron chi connectivity index (χ0n) is 11.9. The molecule has 1 aromatic heterocycles. The maximum Gasteiger partial charge on any atom is 0.229 e. The Kier molecular flexibility index (Phi) is 3.25. The van der Waals surface area contributed by atoms with Gasteiger partial charge in [-0.2, -0.15) is 4.98 Å². The molecule has 3 aliphatic rings. The first-order valence-electron chi connectivity index (χ1n) is 7.86. The number of carbonyl (C=O) groups is 1. The lowest BCUT2D eigenvalue weighted by Crippen LogP contribution is -2.45. The van der Waals surface area contributed by atoms with Crippen molar-refractivity contribution in [2.75, 3.05) is 10.2 Å². The van der Waals surface area contributed by atoms with Crippen LogP contribution in [0.25, 0.3) is 0 Å². The first kappa shape index (κ1) is 13.3. The smallest absolute Gasteiger partial charge is 0.229 e. The molecule has 0 saturated heterocycles. The third-order valence-electron chi connectivity index (χ3n) is 5.13. The normalized spacial score (nSPS) is 29.0. The van der Waals surface area contributed by atoms with Gasteiger partial charge in [0.15, 0.2) is 5.82 Å². The second kappa shape index (κ2) is 5.13. The van der Waals surface area contributed by atoms with Gasteiger partial charge in [-0.25, -0.2) is 4.98 Å². The van der Waals surface area contributed by atoms with E-state index in [4.69, 9.17) is 11.6 Å². The van der Waals surface area contributed by atoms with Gasteiger partial charge in [-0.15, -0.1) is 0 Å². The van der Waals surface area contributed by atoms with Crippen molar-refractivity contribution in [1.29, 1.82) is 0 Å². The van der Waals surface area contributed by atoms with Gasteiger partial charge in [0.2, 0.25) is 11.2 Å². The molecule has 0 radical (unpaired) electrons. The zero-order valence-corrected chi connectivity index (χ0v) is 12.6. The molecule has 1 amide bonds. The lowest BCUT2D eigenvalue weighted by Gasteiger charge is -2.36. The Balaban J connectivity index is 1.83. The number of carbonyl (C=O) groups excluding carboxylic acids is 1. The summed E-state index contributed by atoms with van der Waals surface area (Å²) in [6.45, 7) is 0. The number of amides is 1. The van der Waals surface area contributed by atoms with Crippen LogP contribution in [0.15, 0.2) is 6.20 Å². The summed E-state index contributed by atoms with van der Waals surface area (Å²) >= 11 is 6.02. The van der Waals surface area contributed by atoms with E-state index < -0.39 is 0 Å². The Morgan fingerprint density at radius 1 is 1.19 bits per heavy atom. The summed E-state index contributed by atoms with van der Waals surface area (Å²) in [7, 11) is 0. The van der Waals surface area contributed by atoms with Crippen LogP contribution in [0.5, 0.6) is 0 Å². The van der Waals surface area contributed by atoms with E-state index in [-0.39, 0.29) is 23.2 Å². The Labute approximate surface area is 129 Å². The number of aromatic nitrogens is 2. The fraction of sp³-hybridized carbons (Fsp3) is 0.667. The summed E-state index contributed by atoms with van der Waals surface area (Å²) in [4.78, 5) is 23.4. The molecule has 2 unspecified atom stereocenters. The van der Waals surface area contributed by atoms with Crippen molar-refractivity contribution < 1.29 is 4.79 Å². The minimum Gasteiger partial charge on any atom is -0.348 e. The van der Waals surface area contributed by atoms with Gasteiger partial charge in [0.1, 0.15) is 5.69 Å². The molecule has 0 aromatic carbocycles. The van der Waals surface area contributed by atoms with E-state index >= 15 is 0 Å². The number of hydrogen-bond donors (Lipinski definition) is 1. The van der Waals surface area contributed by atoms with Crippen LogP contribution in [0.2, 0.25) is 5.28 Å². The highest BCUT2D eigenvalue weighted by molar-refractivity contribution is 6.28. The maximum atomic E-state index is 12.5. The first-order valence-corrected chi connectivity index (χ1v) is 8.23. The van der Waals surface area contributed by atoms with Gasteiger partial charge in [0, 0.05) is 12.1 Å². The van der Waals surface area contributed by atoms with Crippen LogP contribution in [0.3, 0.4) is 0 Å². The van der Waals surface area contributed by atoms with Gasteiger partial charge in [-0.05, 0) is 37.3 Å². The largest absolute Gasteiger partial charge is 0.348 e. The SMILES string of the molecule is O=C1Nc2cnc(Cl)nc2N(C2CCCC2)C2CCCC12. The number of fused-ring (bicyclic) bond motifs is 2. The van der Waals surface area contributed by atoms with E-state index in [1.54, 1.807) is 6.20 Å². The van der Waals surface area contributed by atoms with E-state index in [0.29, 0.717) is 11.7 Å². The number of nitrogens with zero attached hydrogens (tertiary/aromatic N) is 3. The average molecular weight is 307 g/mol. The minimum atomic E-state index is 0.0681. The number of rotatable bonds is 1. The van der Waals surface area contributed by atoms with Crippen molar-refractivity contribution in [3.05, 3.63) is 11.5 Å². The second-order valence-electron chi connectivity index (χ2n) is 6.32. The van der Waals surface area contributed by atoms with Crippen LogP contribution in [0.4, 0.5) is 11.5 Å². The summed E-state index contributed by atoms with van der Waals surface area (Å²) in [6, 6.07) is 0.744. The van der Waals surface area contributed by atoms with Crippen LogP contribution < -0.4 is 10.2 Å². The summed E-state index contributed by atoms with van der Waals surface area (Å²) in [5.74, 6) is 1.01. The molecular weight excluding hydrogens is 288 g/mol. The number of nitrogens with one attached hydrogen (secondary N) is 1. The molecule has 2 aliphatic carbocycles. The number of halogens is 1. The van der Waals surface area contributed by atoms with Gasteiger partial charge >= 0.3 is 0 Å². The Bertz CT molecular complexity index is 573. The highest BCUT2D eigenvalue weighted by atomic mass is 35.5. The molecule has 2 saturated carbocycles. The van der Waals surface area contributed by atoms with Crippen molar-refractivity contribution in [1.82, 2.24) is 9.97 Å². The number of hydrogen-bond acceptors (Lipinski definition) is 4. The lowest BCUT2D eigenvalue weighted by molar-refractivity contribution is -0.119. The molecule has 6 heteroatoms. The molecule has 0 spiro atoms. The third-order valence-corrected chi connectivity index (χ3v) is 5.32. The second-order valence-corrected chi connectivity index (χ2v) is 6.65. The molecule has 0 bridgehead atoms. The monoisotopic (exact) mass is 306 g/mol. The van der Waals surface area contributed by atoms with Crippen LogP contribution in [0.1, 0.15) is 44.9 Å². The number of anilines is 2. The van der Waals surface area contributed by atoms with Crippen molar-refractivity contribution in [3.8, 4) is 0 Å². The maximum absolute atomic E-state index is 12.5. The Morgan fingerprint density at radius 3 is 2.81 bits per heavy atom. The van der Waals surface area contributed by atoms with Gasteiger partial charge < -0.3 is 10.2 Å². The van der Waals surface area contributed by atoms with E-state index in [1.807, 2.05) is 0 Å². The van der Waals surface area contributed by atoms with Crippen molar-refractivity contribution in [2.45, 2.75) is 57.0 Å². The Hall–Kier alpha value is -1.36. The van der Waals surface area contributed by atoms with Crippen LogP contribution >= 0.6 is 11.6 Å².